The molecule has 0 aromatic rings. The second-order valence-corrected chi connectivity index (χ2v) is 5.94. The molecule has 0 amide bonds. The zero-order valence-corrected chi connectivity index (χ0v) is 13.1. The van der Waals surface area contributed by atoms with Crippen molar-refractivity contribution in [2.24, 2.45) is 5.41 Å². The zero-order chi connectivity index (χ0) is 14.6. The summed E-state index contributed by atoms with van der Waals surface area (Å²) in [5.41, 5.74) is -0.253. The molecular formula is C17H31NO. The van der Waals surface area contributed by atoms with Crippen LogP contribution in [-0.2, 0) is 4.79 Å². The van der Waals surface area contributed by atoms with Gasteiger partial charge in [0.05, 0.1) is 12.5 Å². The average Bonchev–Trinajstić information content (AvgIpc) is 2.40. The summed E-state index contributed by atoms with van der Waals surface area (Å²) >= 11 is 0. The van der Waals surface area contributed by atoms with Crippen LogP contribution in [0.3, 0.4) is 0 Å². The predicted molar refractivity (Wildman–Crippen MR) is 80.9 cm³/mol. The van der Waals surface area contributed by atoms with Gasteiger partial charge in [-0.25, -0.2) is 0 Å². The van der Waals surface area contributed by atoms with E-state index in [0.717, 1.165) is 25.7 Å². The minimum atomic E-state index is -0.253. The van der Waals surface area contributed by atoms with Gasteiger partial charge in [0.25, 0.3) is 0 Å². The summed E-state index contributed by atoms with van der Waals surface area (Å²) < 4.78 is 0. The van der Waals surface area contributed by atoms with Gasteiger partial charge in [-0.15, -0.1) is 0 Å². The fourth-order valence-electron chi connectivity index (χ4n) is 2.57. The summed E-state index contributed by atoms with van der Waals surface area (Å²) in [6.45, 7) is 6.47. The lowest BCUT2D eigenvalue weighted by atomic mass is 9.75. The number of unbranched alkanes of at least 4 members (excludes halogenated alkanes) is 6. The highest BCUT2D eigenvalue weighted by atomic mass is 16.1. The number of nitriles is 1. The van der Waals surface area contributed by atoms with E-state index in [0.29, 0.717) is 0 Å². The number of hydrogen-bond acceptors (Lipinski definition) is 2. The Morgan fingerprint density at radius 3 is 1.79 bits per heavy atom. The third kappa shape index (κ3) is 8.03. The lowest BCUT2D eigenvalue weighted by molar-refractivity contribution is -0.127. The number of Topliss-reactive ketones (excluding diaryl/α,β-unsaturated/α-hetero) is 1. The van der Waals surface area contributed by atoms with Crippen molar-refractivity contribution in [3.63, 3.8) is 0 Å². The molecule has 0 aromatic heterocycles. The molecule has 0 bridgehead atoms. The maximum absolute atomic E-state index is 12.2. The smallest absolute Gasteiger partial charge is 0.152 e. The van der Waals surface area contributed by atoms with Crippen LogP contribution in [0.15, 0.2) is 0 Å². The molecule has 19 heavy (non-hydrogen) atoms. The highest BCUT2D eigenvalue weighted by Gasteiger charge is 2.31. The minimum Gasteiger partial charge on any atom is -0.298 e. The summed E-state index contributed by atoms with van der Waals surface area (Å²) in [5.74, 6) is 0.156. The first-order valence-electron chi connectivity index (χ1n) is 8.01. The molecule has 0 rings (SSSR count). The fraction of sp³-hybridized carbons (Fsp3) is 0.882. The Bertz CT molecular complexity index is 265. The van der Waals surface area contributed by atoms with Gasteiger partial charge >= 0.3 is 0 Å². The van der Waals surface area contributed by atoms with Crippen LogP contribution in [-0.4, -0.2) is 5.78 Å². The van der Waals surface area contributed by atoms with Crippen LogP contribution >= 0.6 is 0 Å². The molecule has 0 spiro atoms. The van der Waals surface area contributed by atoms with Gasteiger partial charge < -0.3 is 0 Å². The molecule has 0 aliphatic rings. The lowest BCUT2D eigenvalue weighted by Crippen LogP contribution is -2.27. The number of nitrogens with zero attached hydrogens (tertiary/aromatic N) is 1. The van der Waals surface area contributed by atoms with Crippen molar-refractivity contribution in [3.05, 3.63) is 0 Å². The Labute approximate surface area is 119 Å². The predicted octanol–water partition coefficient (Wildman–Crippen LogP) is 5.42. The molecule has 0 atom stereocenters. The molecule has 0 N–H and O–H groups in total. The van der Waals surface area contributed by atoms with E-state index < -0.39 is 0 Å². The Kier molecular flexibility index (Phi) is 10.5. The average molecular weight is 265 g/mol. The van der Waals surface area contributed by atoms with Crippen LogP contribution in [0.25, 0.3) is 0 Å². The van der Waals surface area contributed by atoms with Crippen molar-refractivity contribution in [2.75, 3.05) is 0 Å². The topological polar surface area (TPSA) is 40.9 Å². The van der Waals surface area contributed by atoms with Crippen LogP contribution in [0.1, 0.15) is 91.4 Å². The third-order valence-corrected chi connectivity index (χ3v) is 4.08. The Morgan fingerprint density at radius 2 is 1.42 bits per heavy atom. The maximum atomic E-state index is 12.2. The summed E-state index contributed by atoms with van der Waals surface area (Å²) in [5, 5.41) is 8.75. The monoisotopic (exact) mass is 265 g/mol. The summed E-state index contributed by atoms with van der Waals surface area (Å²) in [7, 11) is 0. The van der Waals surface area contributed by atoms with Gasteiger partial charge in [-0.3, -0.25) is 4.79 Å². The van der Waals surface area contributed by atoms with Crippen molar-refractivity contribution in [1.29, 1.82) is 5.26 Å². The molecule has 0 unspecified atom stereocenters. The first-order valence-corrected chi connectivity index (χ1v) is 8.01. The van der Waals surface area contributed by atoms with Gasteiger partial charge in [-0.2, -0.15) is 5.26 Å². The van der Waals surface area contributed by atoms with Gasteiger partial charge in [-0.05, 0) is 12.8 Å². The summed E-state index contributed by atoms with van der Waals surface area (Å²) in [4.78, 5) is 12.2. The molecule has 110 valence electrons. The van der Waals surface area contributed by atoms with Crippen LogP contribution in [0.2, 0.25) is 0 Å². The minimum absolute atomic E-state index is 0.0814. The summed E-state index contributed by atoms with van der Waals surface area (Å²) in [6.07, 6.45) is 11.6. The van der Waals surface area contributed by atoms with Crippen molar-refractivity contribution in [2.45, 2.75) is 91.4 Å². The third-order valence-electron chi connectivity index (χ3n) is 4.08. The van der Waals surface area contributed by atoms with E-state index in [1.165, 1.54) is 38.5 Å². The van der Waals surface area contributed by atoms with E-state index >= 15 is 0 Å². The van der Waals surface area contributed by atoms with Gasteiger partial charge in [0.1, 0.15) is 0 Å². The standard InChI is InChI=1S/C17H31NO/c1-4-6-8-10-13-17(3,16(19)12-15-18)14-11-9-7-5-2/h4-14H2,1-3H3. The fourth-order valence-corrected chi connectivity index (χ4v) is 2.57. The van der Waals surface area contributed by atoms with E-state index in [1.807, 2.05) is 6.07 Å². The van der Waals surface area contributed by atoms with Crippen molar-refractivity contribution >= 4 is 5.78 Å². The number of ketones is 1. The van der Waals surface area contributed by atoms with E-state index in [1.54, 1.807) is 0 Å². The van der Waals surface area contributed by atoms with E-state index in [-0.39, 0.29) is 17.6 Å². The number of carbonyl (C=O) groups excluding carboxylic acids is 1. The van der Waals surface area contributed by atoms with Crippen molar-refractivity contribution in [1.82, 2.24) is 0 Å². The van der Waals surface area contributed by atoms with Gasteiger partial charge in [-0.1, -0.05) is 72.1 Å². The normalized spacial score (nSPS) is 11.3. The molecule has 0 aliphatic carbocycles. The van der Waals surface area contributed by atoms with Crippen molar-refractivity contribution < 1.29 is 4.79 Å². The van der Waals surface area contributed by atoms with Crippen LogP contribution in [0.4, 0.5) is 0 Å². The Morgan fingerprint density at radius 1 is 0.947 bits per heavy atom. The summed E-state index contributed by atoms with van der Waals surface area (Å²) in [6, 6.07) is 2.03. The highest BCUT2D eigenvalue weighted by molar-refractivity contribution is 5.86. The Balaban J connectivity index is 4.28. The second kappa shape index (κ2) is 11.0. The number of carbonyl (C=O) groups is 1. The van der Waals surface area contributed by atoms with E-state index in [2.05, 4.69) is 20.8 Å². The first-order chi connectivity index (χ1) is 9.10. The maximum Gasteiger partial charge on any atom is 0.152 e. The molecule has 0 aromatic carbocycles. The first kappa shape index (κ1) is 18.2. The molecule has 2 nitrogen and oxygen atoms in total. The van der Waals surface area contributed by atoms with E-state index in [9.17, 15) is 4.79 Å². The quantitative estimate of drug-likeness (QED) is 0.442. The molecule has 0 saturated heterocycles. The molecule has 0 saturated carbocycles. The Hall–Kier alpha value is -0.840. The molecule has 0 radical (unpaired) electrons. The van der Waals surface area contributed by atoms with Gasteiger partial charge in [0.2, 0.25) is 0 Å². The van der Waals surface area contributed by atoms with Crippen LogP contribution < -0.4 is 0 Å². The lowest BCUT2D eigenvalue weighted by Gasteiger charge is -2.27. The van der Waals surface area contributed by atoms with Crippen molar-refractivity contribution in [3.8, 4) is 6.07 Å². The molecular weight excluding hydrogens is 234 g/mol. The van der Waals surface area contributed by atoms with E-state index in [4.69, 9.17) is 5.26 Å². The molecule has 0 aliphatic heterocycles. The second-order valence-electron chi connectivity index (χ2n) is 5.94. The van der Waals surface area contributed by atoms with Gasteiger partial charge in [0, 0.05) is 5.41 Å². The number of hydrogen-bond donors (Lipinski definition) is 0. The van der Waals surface area contributed by atoms with Gasteiger partial charge in [0.15, 0.2) is 5.78 Å². The SMILES string of the molecule is CCCCCCC(C)(CCCCCC)C(=O)CC#N. The zero-order valence-electron chi connectivity index (χ0n) is 13.1. The molecule has 0 fully saturated rings. The highest BCUT2D eigenvalue weighted by Crippen LogP contribution is 2.33. The largest absolute Gasteiger partial charge is 0.298 e. The van der Waals surface area contributed by atoms with Crippen LogP contribution in [0, 0.1) is 16.7 Å². The molecule has 2 heteroatoms. The van der Waals surface area contributed by atoms with Crippen LogP contribution in [0.5, 0.6) is 0 Å². The number of rotatable bonds is 12. The molecule has 0 heterocycles.